The van der Waals surface area contributed by atoms with Gasteiger partial charge in [-0.3, -0.25) is 4.98 Å². The summed E-state index contributed by atoms with van der Waals surface area (Å²) < 4.78 is 8.80. The van der Waals surface area contributed by atoms with Crippen LogP contribution in [0.5, 0.6) is 0 Å². The van der Waals surface area contributed by atoms with Gasteiger partial charge in [0.05, 0.1) is 11.0 Å². The zero-order chi connectivity index (χ0) is 34.5. The number of para-hydroxylation sites is 2. The van der Waals surface area contributed by atoms with Crippen molar-refractivity contribution < 1.29 is 4.42 Å². The number of hydrogen-bond acceptors (Lipinski definition) is 2. The minimum atomic E-state index is 0.911. The predicted molar refractivity (Wildman–Crippen MR) is 219 cm³/mol. The van der Waals surface area contributed by atoms with E-state index >= 15 is 0 Å². The summed E-state index contributed by atoms with van der Waals surface area (Å²) >= 11 is 0. The van der Waals surface area contributed by atoms with Crippen molar-refractivity contribution in [3.05, 3.63) is 169 Å². The maximum absolute atomic E-state index is 6.40. The Balaban J connectivity index is 1.18. The van der Waals surface area contributed by atoms with E-state index < -0.39 is 0 Å². The van der Waals surface area contributed by atoms with Gasteiger partial charge in [-0.15, -0.1) is 0 Å². The molecule has 0 atom stereocenters. The molecule has 0 spiro atoms. The molecular weight excluding hydrogens is 633 g/mol. The molecule has 0 bridgehead atoms. The molecule has 0 unspecified atom stereocenters. The number of nitrogens with zero attached hydrogens (tertiary/aromatic N) is 2. The van der Waals surface area contributed by atoms with Gasteiger partial charge in [-0.1, -0.05) is 115 Å². The van der Waals surface area contributed by atoms with Gasteiger partial charge in [-0.2, -0.15) is 0 Å². The first-order chi connectivity index (χ1) is 25.7. The molecule has 8 aromatic carbocycles. The second kappa shape index (κ2) is 10.9. The Bertz CT molecular complexity index is 3220. The molecule has 0 fully saturated rings. The first-order valence-electron chi connectivity index (χ1n) is 17.9. The lowest BCUT2D eigenvalue weighted by molar-refractivity contribution is 0.670. The Morgan fingerprint density at radius 1 is 0.462 bits per heavy atom. The molecule has 3 aromatic heterocycles. The highest BCUT2D eigenvalue weighted by atomic mass is 16.3. The van der Waals surface area contributed by atoms with E-state index in [-0.39, 0.29) is 0 Å². The van der Waals surface area contributed by atoms with Crippen LogP contribution in [-0.4, -0.2) is 9.55 Å². The van der Waals surface area contributed by atoms with Crippen LogP contribution in [-0.2, 0) is 0 Å². The molecule has 11 aromatic rings. The third kappa shape index (κ3) is 3.99. The SMILES string of the molecule is Cc1ccc2c3ccccc3c3ccccc3c2c1-c1c(C)ccc2c1c1cnccc1n2-c1ccc(-c2cccc3c2oc2ccccc23)cc1. The van der Waals surface area contributed by atoms with E-state index in [1.807, 2.05) is 24.5 Å². The lowest BCUT2D eigenvalue weighted by Crippen LogP contribution is -1.96. The third-order valence-corrected chi connectivity index (χ3v) is 11.1. The molecule has 52 heavy (non-hydrogen) atoms. The lowest BCUT2D eigenvalue weighted by atomic mass is 9.84. The molecule has 3 nitrogen and oxygen atoms in total. The van der Waals surface area contributed by atoms with Gasteiger partial charge in [0.1, 0.15) is 11.2 Å². The molecule has 0 saturated heterocycles. The maximum Gasteiger partial charge on any atom is 0.143 e. The summed E-state index contributed by atoms with van der Waals surface area (Å²) in [6.45, 7) is 4.51. The highest BCUT2D eigenvalue weighted by Crippen LogP contribution is 2.47. The summed E-state index contributed by atoms with van der Waals surface area (Å²) in [5, 5.41) is 12.4. The second-order valence-electron chi connectivity index (χ2n) is 14.0. The fourth-order valence-electron chi connectivity index (χ4n) is 8.85. The van der Waals surface area contributed by atoms with Crippen LogP contribution in [0, 0.1) is 13.8 Å². The van der Waals surface area contributed by atoms with Gasteiger partial charge in [-0.25, -0.2) is 0 Å². The van der Waals surface area contributed by atoms with Crippen LogP contribution in [0.3, 0.4) is 0 Å². The van der Waals surface area contributed by atoms with Crippen LogP contribution < -0.4 is 0 Å². The monoisotopic (exact) mass is 664 g/mol. The van der Waals surface area contributed by atoms with Gasteiger partial charge in [-0.05, 0) is 104 Å². The van der Waals surface area contributed by atoms with Crippen LogP contribution in [0.4, 0.5) is 0 Å². The van der Waals surface area contributed by atoms with Crippen molar-refractivity contribution in [2.24, 2.45) is 0 Å². The smallest absolute Gasteiger partial charge is 0.143 e. The third-order valence-electron chi connectivity index (χ3n) is 11.1. The molecule has 0 aliphatic carbocycles. The van der Waals surface area contributed by atoms with Gasteiger partial charge < -0.3 is 8.98 Å². The number of aryl methyl sites for hydroxylation is 2. The number of aromatic nitrogens is 2. The molecule has 11 rings (SSSR count). The van der Waals surface area contributed by atoms with Crippen LogP contribution >= 0.6 is 0 Å². The van der Waals surface area contributed by atoms with E-state index in [4.69, 9.17) is 4.42 Å². The number of benzene rings is 8. The zero-order valence-corrected chi connectivity index (χ0v) is 28.8. The molecule has 0 radical (unpaired) electrons. The van der Waals surface area contributed by atoms with E-state index in [0.29, 0.717) is 0 Å². The summed E-state index contributed by atoms with van der Waals surface area (Å²) in [5.41, 5.74) is 12.5. The minimum absolute atomic E-state index is 0.911. The van der Waals surface area contributed by atoms with Gasteiger partial charge in [0, 0.05) is 45.2 Å². The number of rotatable bonds is 3. The van der Waals surface area contributed by atoms with Crippen molar-refractivity contribution in [2.45, 2.75) is 13.8 Å². The molecule has 0 aliphatic rings. The Hall–Kier alpha value is -6.71. The normalized spacial score (nSPS) is 12.0. The van der Waals surface area contributed by atoms with Crippen LogP contribution in [0.25, 0.3) is 104 Å². The standard InChI is InChI=1S/C49H32N2O/c1-29-18-24-39-36-12-4-3-10-34(36)35-11-5-6-14-38(35)47(39)45(29)46-30(2)19-25-43-48(46)41-28-50-27-26-42(41)51(43)32-22-20-31(21-23-32)33-15-9-16-40-37-13-7-8-17-44(37)52-49(33)40/h3-28H,1-2H3. The average Bonchev–Trinajstić information content (AvgIpc) is 3.74. The highest BCUT2D eigenvalue weighted by Gasteiger charge is 2.22. The molecule has 3 heterocycles. The van der Waals surface area contributed by atoms with Gasteiger partial charge in [0.2, 0.25) is 0 Å². The summed E-state index contributed by atoms with van der Waals surface area (Å²) in [6, 6.07) is 52.7. The van der Waals surface area contributed by atoms with E-state index in [1.54, 1.807) is 0 Å². The summed E-state index contributed by atoms with van der Waals surface area (Å²) in [5.74, 6) is 0. The highest BCUT2D eigenvalue weighted by molar-refractivity contribution is 6.30. The van der Waals surface area contributed by atoms with Crippen molar-refractivity contribution in [3.8, 4) is 27.9 Å². The van der Waals surface area contributed by atoms with Crippen LogP contribution in [0.1, 0.15) is 11.1 Å². The summed E-state index contributed by atoms with van der Waals surface area (Å²) in [7, 11) is 0. The molecule has 0 aliphatic heterocycles. The number of hydrogen-bond donors (Lipinski definition) is 0. The Morgan fingerprint density at radius 2 is 1.08 bits per heavy atom. The Labute approximate surface area is 300 Å². The molecular formula is C49H32N2O. The van der Waals surface area contributed by atoms with Crippen molar-refractivity contribution >= 4 is 76.1 Å². The van der Waals surface area contributed by atoms with E-state index in [9.17, 15) is 0 Å². The summed E-state index contributed by atoms with van der Waals surface area (Å²) in [6.07, 6.45) is 3.95. The minimum Gasteiger partial charge on any atom is -0.455 e. The lowest BCUT2D eigenvalue weighted by Gasteiger charge is -2.19. The number of fused-ring (bicyclic) bond motifs is 12. The van der Waals surface area contributed by atoms with Crippen LogP contribution in [0.2, 0.25) is 0 Å². The molecule has 0 N–H and O–H groups in total. The molecule has 0 saturated carbocycles. The Morgan fingerprint density at radius 3 is 1.85 bits per heavy atom. The molecule has 3 heteroatoms. The van der Waals surface area contributed by atoms with E-state index in [1.165, 1.54) is 60.0 Å². The zero-order valence-electron chi connectivity index (χ0n) is 28.8. The quantitative estimate of drug-likeness (QED) is 0.176. The van der Waals surface area contributed by atoms with Crippen molar-refractivity contribution in [2.75, 3.05) is 0 Å². The fourth-order valence-corrected chi connectivity index (χ4v) is 8.85. The molecule has 0 amide bonds. The average molecular weight is 665 g/mol. The van der Waals surface area contributed by atoms with Gasteiger partial charge >= 0.3 is 0 Å². The van der Waals surface area contributed by atoms with E-state index in [0.717, 1.165) is 55.2 Å². The fraction of sp³-hybridized carbons (Fsp3) is 0.0408. The van der Waals surface area contributed by atoms with Crippen molar-refractivity contribution in [1.29, 1.82) is 0 Å². The largest absolute Gasteiger partial charge is 0.455 e. The van der Waals surface area contributed by atoms with Gasteiger partial charge in [0.15, 0.2) is 0 Å². The van der Waals surface area contributed by atoms with Crippen LogP contribution in [0.15, 0.2) is 162 Å². The predicted octanol–water partition coefficient (Wildman–Crippen LogP) is 13.5. The first kappa shape index (κ1) is 29.1. The van der Waals surface area contributed by atoms with Crippen molar-refractivity contribution in [1.82, 2.24) is 9.55 Å². The number of furan rings is 1. The van der Waals surface area contributed by atoms with Gasteiger partial charge in [0.25, 0.3) is 0 Å². The molecule has 244 valence electrons. The second-order valence-corrected chi connectivity index (χ2v) is 14.0. The maximum atomic E-state index is 6.40. The number of pyridine rings is 1. The van der Waals surface area contributed by atoms with E-state index in [2.05, 4.69) is 157 Å². The topological polar surface area (TPSA) is 31.0 Å². The van der Waals surface area contributed by atoms with Crippen molar-refractivity contribution in [3.63, 3.8) is 0 Å². The first-order valence-corrected chi connectivity index (χ1v) is 17.9. The Kier molecular flexibility index (Phi) is 6.09. The summed E-state index contributed by atoms with van der Waals surface area (Å²) in [4.78, 5) is 4.69.